The van der Waals surface area contributed by atoms with Crippen molar-refractivity contribution in [2.24, 2.45) is 0 Å². The van der Waals surface area contributed by atoms with Gasteiger partial charge in [-0.1, -0.05) is 23.4 Å². The first-order valence-electron chi connectivity index (χ1n) is 10.2. The molecule has 2 aromatic heterocycles. The van der Waals surface area contributed by atoms with E-state index in [0.717, 1.165) is 49.5 Å². The van der Waals surface area contributed by atoms with Crippen LogP contribution in [0.15, 0.2) is 59.4 Å². The number of piperidine rings is 1. The number of hydrogen-bond acceptors (Lipinski definition) is 6. The summed E-state index contributed by atoms with van der Waals surface area (Å²) >= 11 is 0. The molecule has 3 aromatic rings. The number of amides is 1. The molecule has 1 aliphatic rings. The normalized spacial score (nSPS) is 16.9. The predicted octanol–water partition coefficient (Wildman–Crippen LogP) is 3.39. The van der Waals surface area contributed by atoms with Gasteiger partial charge in [-0.15, -0.1) is 0 Å². The summed E-state index contributed by atoms with van der Waals surface area (Å²) < 4.78 is 10.6. The zero-order chi connectivity index (χ0) is 20.8. The van der Waals surface area contributed by atoms with Crippen LogP contribution in [0.2, 0.25) is 0 Å². The highest BCUT2D eigenvalue weighted by molar-refractivity contribution is 5.91. The molecule has 7 nitrogen and oxygen atoms in total. The molecule has 1 aliphatic heterocycles. The largest absolute Gasteiger partial charge is 0.497 e. The van der Waals surface area contributed by atoms with Crippen LogP contribution < -0.4 is 10.1 Å². The lowest BCUT2D eigenvalue weighted by Gasteiger charge is -2.31. The van der Waals surface area contributed by atoms with Crippen LogP contribution in [0.5, 0.6) is 5.75 Å². The van der Waals surface area contributed by atoms with E-state index in [0.29, 0.717) is 6.54 Å². The number of carbonyl (C=O) groups excluding carboxylic acids is 1. The SMILES string of the molecule is COc1cccc(CNC(=O)c2cc(C3CCCN(Cc4cccnc4)C3)no2)c1. The number of benzene rings is 1. The van der Waals surface area contributed by atoms with Crippen LogP contribution in [-0.2, 0) is 13.1 Å². The van der Waals surface area contributed by atoms with Crippen molar-refractivity contribution in [1.29, 1.82) is 0 Å². The highest BCUT2D eigenvalue weighted by atomic mass is 16.5. The van der Waals surface area contributed by atoms with E-state index >= 15 is 0 Å². The Morgan fingerprint density at radius 3 is 3.00 bits per heavy atom. The van der Waals surface area contributed by atoms with E-state index in [-0.39, 0.29) is 17.6 Å². The first-order valence-corrected chi connectivity index (χ1v) is 10.2. The summed E-state index contributed by atoms with van der Waals surface area (Å²) in [4.78, 5) is 19.1. The summed E-state index contributed by atoms with van der Waals surface area (Å²) in [5, 5.41) is 7.07. The van der Waals surface area contributed by atoms with E-state index in [1.807, 2.05) is 36.5 Å². The van der Waals surface area contributed by atoms with Crippen LogP contribution in [0.3, 0.4) is 0 Å². The van der Waals surface area contributed by atoms with E-state index in [1.54, 1.807) is 19.4 Å². The molecule has 0 saturated carbocycles. The molecule has 1 aromatic carbocycles. The molecule has 1 fully saturated rings. The summed E-state index contributed by atoms with van der Waals surface area (Å²) in [6, 6.07) is 13.4. The lowest BCUT2D eigenvalue weighted by molar-refractivity contribution is 0.0913. The van der Waals surface area contributed by atoms with Gasteiger partial charge in [-0.3, -0.25) is 14.7 Å². The van der Waals surface area contributed by atoms with E-state index in [2.05, 4.69) is 26.4 Å². The molecule has 1 unspecified atom stereocenters. The van der Waals surface area contributed by atoms with Crippen LogP contribution >= 0.6 is 0 Å². The minimum absolute atomic E-state index is 0.247. The molecule has 156 valence electrons. The molecule has 0 aliphatic carbocycles. The zero-order valence-corrected chi connectivity index (χ0v) is 17.1. The van der Waals surface area contributed by atoms with Gasteiger partial charge in [-0.2, -0.15) is 0 Å². The molecule has 1 atom stereocenters. The van der Waals surface area contributed by atoms with Crippen molar-refractivity contribution in [3.05, 3.63) is 77.4 Å². The molecule has 1 saturated heterocycles. The third kappa shape index (κ3) is 5.04. The maximum Gasteiger partial charge on any atom is 0.290 e. The third-order valence-corrected chi connectivity index (χ3v) is 5.39. The highest BCUT2D eigenvalue weighted by Crippen LogP contribution is 2.27. The topological polar surface area (TPSA) is 80.5 Å². The fourth-order valence-electron chi connectivity index (χ4n) is 3.83. The Morgan fingerprint density at radius 2 is 2.17 bits per heavy atom. The second-order valence-electron chi connectivity index (χ2n) is 7.59. The summed E-state index contributed by atoms with van der Waals surface area (Å²) in [5.41, 5.74) is 3.01. The molecular formula is C23H26N4O3. The quantitative estimate of drug-likeness (QED) is 0.648. The van der Waals surface area contributed by atoms with Gasteiger partial charge in [0.25, 0.3) is 5.91 Å². The van der Waals surface area contributed by atoms with Crippen molar-refractivity contribution in [2.45, 2.75) is 31.8 Å². The molecular weight excluding hydrogens is 380 g/mol. The summed E-state index contributed by atoms with van der Waals surface area (Å²) in [6.07, 6.45) is 5.83. The van der Waals surface area contributed by atoms with Gasteiger partial charge in [-0.25, -0.2) is 0 Å². The Bertz CT molecular complexity index is 973. The van der Waals surface area contributed by atoms with Crippen LogP contribution in [-0.4, -0.2) is 41.1 Å². The Morgan fingerprint density at radius 1 is 1.27 bits per heavy atom. The molecule has 1 N–H and O–H groups in total. The van der Waals surface area contributed by atoms with Gasteiger partial charge < -0.3 is 14.6 Å². The number of likely N-dealkylation sites (tertiary alicyclic amines) is 1. The second kappa shape index (κ2) is 9.54. The monoisotopic (exact) mass is 406 g/mol. The number of ether oxygens (including phenoxy) is 1. The standard InChI is InChI=1S/C23H26N4O3/c1-29-20-8-2-5-17(11-20)14-25-23(28)22-12-21(26-30-22)19-7-4-10-27(16-19)15-18-6-3-9-24-13-18/h2-3,5-6,8-9,11-13,19H,4,7,10,14-16H2,1H3,(H,25,28). The fraction of sp³-hybridized carbons (Fsp3) is 0.348. The van der Waals surface area contributed by atoms with Gasteiger partial charge in [0.15, 0.2) is 0 Å². The molecule has 7 heteroatoms. The average molecular weight is 406 g/mol. The molecule has 3 heterocycles. The van der Waals surface area contributed by atoms with Crippen molar-refractivity contribution in [3.8, 4) is 5.75 Å². The van der Waals surface area contributed by atoms with Crippen molar-refractivity contribution >= 4 is 5.91 Å². The number of hydrogen-bond donors (Lipinski definition) is 1. The van der Waals surface area contributed by atoms with Crippen LogP contribution in [0.25, 0.3) is 0 Å². The first kappa shape index (κ1) is 20.1. The first-order chi connectivity index (χ1) is 14.7. The highest BCUT2D eigenvalue weighted by Gasteiger charge is 2.25. The predicted molar refractivity (Wildman–Crippen MR) is 112 cm³/mol. The van der Waals surface area contributed by atoms with E-state index in [9.17, 15) is 4.79 Å². The Labute approximate surface area is 176 Å². The number of pyridine rings is 1. The van der Waals surface area contributed by atoms with Crippen molar-refractivity contribution < 1.29 is 14.1 Å². The lowest BCUT2D eigenvalue weighted by atomic mass is 9.94. The molecule has 0 radical (unpaired) electrons. The molecule has 0 bridgehead atoms. The van der Waals surface area contributed by atoms with E-state index < -0.39 is 0 Å². The molecule has 1 amide bonds. The van der Waals surface area contributed by atoms with Crippen LogP contribution in [0, 0.1) is 0 Å². The minimum Gasteiger partial charge on any atom is -0.497 e. The Hall–Kier alpha value is -3.19. The number of nitrogens with zero attached hydrogens (tertiary/aromatic N) is 3. The summed E-state index contributed by atoms with van der Waals surface area (Å²) in [5.74, 6) is 1.01. The van der Waals surface area contributed by atoms with E-state index in [4.69, 9.17) is 9.26 Å². The molecule has 30 heavy (non-hydrogen) atoms. The molecule has 4 rings (SSSR count). The van der Waals surface area contributed by atoms with Crippen molar-refractivity contribution in [1.82, 2.24) is 20.4 Å². The number of rotatable bonds is 7. The summed E-state index contributed by atoms with van der Waals surface area (Å²) in [6.45, 7) is 3.22. The third-order valence-electron chi connectivity index (χ3n) is 5.39. The number of carbonyl (C=O) groups is 1. The van der Waals surface area contributed by atoms with Gasteiger partial charge in [-0.05, 0) is 48.7 Å². The zero-order valence-electron chi connectivity index (χ0n) is 17.1. The van der Waals surface area contributed by atoms with Crippen molar-refractivity contribution in [3.63, 3.8) is 0 Å². The Kier molecular flexibility index (Phi) is 6.39. The van der Waals surface area contributed by atoms with Gasteiger partial charge in [0.1, 0.15) is 5.75 Å². The smallest absolute Gasteiger partial charge is 0.290 e. The number of nitrogens with one attached hydrogen (secondary N) is 1. The van der Waals surface area contributed by atoms with Crippen LogP contribution in [0.4, 0.5) is 0 Å². The van der Waals surface area contributed by atoms with Gasteiger partial charge in [0.2, 0.25) is 5.76 Å². The summed E-state index contributed by atoms with van der Waals surface area (Å²) in [7, 11) is 1.62. The van der Waals surface area contributed by atoms with E-state index in [1.165, 1.54) is 5.56 Å². The Balaban J connectivity index is 1.34. The van der Waals surface area contributed by atoms with Crippen LogP contribution in [0.1, 0.15) is 46.1 Å². The number of aromatic nitrogens is 2. The minimum atomic E-state index is -0.264. The molecule has 0 spiro atoms. The average Bonchev–Trinajstić information content (AvgIpc) is 3.29. The second-order valence-corrected chi connectivity index (χ2v) is 7.59. The van der Waals surface area contributed by atoms with Gasteiger partial charge in [0, 0.05) is 44.0 Å². The maximum atomic E-state index is 12.5. The van der Waals surface area contributed by atoms with Crippen molar-refractivity contribution in [2.75, 3.05) is 20.2 Å². The fourth-order valence-corrected chi connectivity index (χ4v) is 3.83. The number of methoxy groups -OCH3 is 1. The lowest BCUT2D eigenvalue weighted by Crippen LogP contribution is -2.34. The maximum absolute atomic E-state index is 12.5. The van der Waals surface area contributed by atoms with Gasteiger partial charge >= 0.3 is 0 Å². The van der Waals surface area contributed by atoms with Gasteiger partial charge in [0.05, 0.1) is 12.8 Å².